The number of aromatic nitrogens is 2. The zero-order valence-electron chi connectivity index (χ0n) is 11.7. The van der Waals surface area contributed by atoms with Gasteiger partial charge in [0.1, 0.15) is 5.75 Å². The minimum atomic E-state index is -0.976. The standard InChI is InChI=1S/C16H12N2O4/c1-21-13-8-6-11(7-9-13)15-18-17-14(22-15)10-2-4-12(5-3-10)16(19)20/h2-9H,1H3,(H,19,20). The molecule has 0 atom stereocenters. The van der Waals surface area contributed by atoms with E-state index in [2.05, 4.69) is 10.2 Å². The fourth-order valence-electron chi connectivity index (χ4n) is 1.95. The first-order valence-corrected chi connectivity index (χ1v) is 6.49. The summed E-state index contributed by atoms with van der Waals surface area (Å²) < 4.78 is 10.7. The Morgan fingerprint density at radius 2 is 1.45 bits per heavy atom. The van der Waals surface area contributed by atoms with Crippen LogP contribution in [0.4, 0.5) is 0 Å². The Bertz CT molecular complexity index is 792. The second-order valence-electron chi connectivity index (χ2n) is 4.52. The molecule has 0 aliphatic carbocycles. The Kier molecular flexibility index (Phi) is 3.57. The summed E-state index contributed by atoms with van der Waals surface area (Å²) in [5.74, 6) is 0.492. The molecule has 0 saturated carbocycles. The molecule has 3 aromatic rings. The van der Waals surface area contributed by atoms with Crippen LogP contribution in [0.2, 0.25) is 0 Å². The van der Waals surface area contributed by atoms with Crippen molar-refractivity contribution < 1.29 is 19.1 Å². The molecule has 1 N–H and O–H groups in total. The van der Waals surface area contributed by atoms with Crippen molar-refractivity contribution in [2.45, 2.75) is 0 Å². The zero-order chi connectivity index (χ0) is 15.5. The summed E-state index contributed by atoms with van der Waals surface area (Å²) in [6, 6.07) is 13.5. The first kappa shape index (κ1) is 13.8. The fourth-order valence-corrected chi connectivity index (χ4v) is 1.95. The molecule has 0 amide bonds. The third-order valence-electron chi connectivity index (χ3n) is 3.14. The molecular formula is C16H12N2O4. The molecule has 0 radical (unpaired) electrons. The van der Waals surface area contributed by atoms with E-state index in [-0.39, 0.29) is 5.56 Å². The Hall–Kier alpha value is -3.15. The van der Waals surface area contributed by atoms with Crippen molar-refractivity contribution in [1.82, 2.24) is 10.2 Å². The molecule has 0 aliphatic rings. The summed E-state index contributed by atoms with van der Waals surface area (Å²) in [6.45, 7) is 0. The third kappa shape index (κ3) is 2.67. The number of carboxylic acid groups (broad SMARTS) is 1. The lowest BCUT2D eigenvalue weighted by molar-refractivity contribution is 0.0697. The molecule has 6 nitrogen and oxygen atoms in total. The minimum Gasteiger partial charge on any atom is -0.497 e. The summed E-state index contributed by atoms with van der Waals surface area (Å²) >= 11 is 0. The van der Waals surface area contributed by atoms with E-state index >= 15 is 0 Å². The van der Waals surface area contributed by atoms with Gasteiger partial charge in [0.15, 0.2) is 0 Å². The third-order valence-corrected chi connectivity index (χ3v) is 3.14. The molecule has 0 aliphatic heterocycles. The maximum absolute atomic E-state index is 10.8. The predicted octanol–water partition coefficient (Wildman–Crippen LogP) is 3.11. The molecule has 0 fully saturated rings. The van der Waals surface area contributed by atoms with Crippen LogP contribution in [0.3, 0.4) is 0 Å². The minimum absolute atomic E-state index is 0.207. The molecule has 0 unspecified atom stereocenters. The van der Waals surface area contributed by atoms with Gasteiger partial charge in [0.25, 0.3) is 0 Å². The monoisotopic (exact) mass is 296 g/mol. The van der Waals surface area contributed by atoms with E-state index in [1.165, 1.54) is 12.1 Å². The molecule has 2 aromatic carbocycles. The number of hydrogen-bond donors (Lipinski definition) is 1. The van der Waals surface area contributed by atoms with Gasteiger partial charge in [-0.05, 0) is 48.5 Å². The van der Waals surface area contributed by atoms with Gasteiger partial charge in [-0.15, -0.1) is 10.2 Å². The van der Waals surface area contributed by atoms with Gasteiger partial charge in [0, 0.05) is 11.1 Å². The van der Waals surface area contributed by atoms with Crippen LogP contribution in [0.15, 0.2) is 52.9 Å². The van der Waals surface area contributed by atoms with Crippen LogP contribution in [-0.4, -0.2) is 28.4 Å². The average molecular weight is 296 g/mol. The molecule has 0 spiro atoms. The van der Waals surface area contributed by atoms with Gasteiger partial charge in [-0.25, -0.2) is 4.79 Å². The van der Waals surface area contributed by atoms with Crippen molar-refractivity contribution in [1.29, 1.82) is 0 Å². The number of methoxy groups -OCH3 is 1. The van der Waals surface area contributed by atoms with Crippen LogP contribution >= 0.6 is 0 Å². The summed E-state index contributed by atoms with van der Waals surface area (Å²) in [4.78, 5) is 10.8. The topological polar surface area (TPSA) is 85.5 Å². The molecule has 0 saturated heterocycles. The van der Waals surface area contributed by atoms with Gasteiger partial charge in [0.05, 0.1) is 12.7 Å². The molecule has 0 bridgehead atoms. The number of nitrogens with zero attached hydrogens (tertiary/aromatic N) is 2. The Morgan fingerprint density at radius 3 is 1.91 bits per heavy atom. The highest BCUT2D eigenvalue weighted by atomic mass is 16.5. The van der Waals surface area contributed by atoms with Crippen molar-refractivity contribution in [3.8, 4) is 28.7 Å². The number of ether oxygens (including phenoxy) is 1. The van der Waals surface area contributed by atoms with E-state index in [4.69, 9.17) is 14.3 Å². The lowest BCUT2D eigenvalue weighted by Crippen LogP contribution is -1.94. The highest BCUT2D eigenvalue weighted by Crippen LogP contribution is 2.25. The second kappa shape index (κ2) is 5.69. The summed E-state index contributed by atoms with van der Waals surface area (Å²) in [5.41, 5.74) is 1.65. The molecule has 1 heterocycles. The second-order valence-corrected chi connectivity index (χ2v) is 4.52. The van der Waals surface area contributed by atoms with E-state index < -0.39 is 5.97 Å². The van der Waals surface area contributed by atoms with Crippen molar-refractivity contribution in [3.63, 3.8) is 0 Å². The smallest absolute Gasteiger partial charge is 0.335 e. The number of carbonyl (C=O) groups is 1. The molecular weight excluding hydrogens is 284 g/mol. The molecule has 110 valence electrons. The zero-order valence-corrected chi connectivity index (χ0v) is 11.7. The lowest BCUT2D eigenvalue weighted by Gasteiger charge is -1.99. The first-order valence-electron chi connectivity index (χ1n) is 6.49. The highest BCUT2D eigenvalue weighted by molar-refractivity contribution is 5.88. The summed E-state index contributed by atoms with van der Waals surface area (Å²) in [7, 11) is 1.60. The van der Waals surface area contributed by atoms with Gasteiger partial charge in [-0.2, -0.15) is 0 Å². The molecule has 6 heteroatoms. The van der Waals surface area contributed by atoms with Crippen molar-refractivity contribution in [2.75, 3.05) is 7.11 Å². The van der Waals surface area contributed by atoms with Gasteiger partial charge in [-0.1, -0.05) is 0 Å². The number of aromatic carboxylic acids is 1. The average Bonchev–Trinajstić information content (AvgIpc) is 3.05. The van der Waals surface area contributed by atoms with Crippen LogP contribution in [0.1, 0.15) is 10.4 Å². The lowest BCUT2D eigenvalue weighted by atomic mass is 10.1. The van der Waals surface area contributed by atoms with Crippen LogP contribution in [0.5, 0.6) is 5.75 Å². The van der Waals surface area contributed by atoms with Crippen molar-refractivity contribution in [3.05, 3.63) is 54.1 Å². The maximum Gasteiger partial charge on any atom is 0.335 e. The van der Waals surface area contributed by atoms with E-state index in [9.17, 15) is 4.79 Å². The number of carboxylic acids is 1. The normalized spacial score (nSPS) is 10.4. The predicted molar refractivity (Wildman–Crippen MR) is 78.7 cm³/mol. The van der Waals surface area contributed by atoms with E-state index in [0.29, 0.717) is 17.3 Å². The maximum atomic E-state index is 10.8. The Labute approximate surface area is 126 Å². The molecule has 3 rings (SSSR count). The van der Waals surface area contributed by atoms with Gasteiger partial charge < -0.3 is 14.3 Å². The van der Waals surface area contributed by atoms with Crippen LogP contribution in [-0.2, 0) is 0 Å². The Balaban J connectivity index is 1.87. The molecule has 22 heavy (non-hydrogen) atoms. The first-order chi connectivity index (χ1) is 10.7. The van der Waals surface area contributed by atoms with Crippen molar-refractivity contribution >= 4 is 5.97 Å². The number of hydrogen-bond acceptors (Lipinski definition) is 5. The Morgan fingerprint density at radius 1 is 0.955 bits per heavy atom. The van der Waals surface area contributed by atoms with Gasteiger partial charge in [-0.3, -0.25) is 0 Å². The van der Waals surface area contributed by atoms with E-state index in [1.54, 1.807) is 31.4 Å². The van der Waals surface area contributed by atoms with E-state index in [0.717, 1.165) is 11.3 Å². The number of benzene rings is 2. The van der Waals surface area contributed by atoms with Gasteiger partial charge in [0.2, 0.25) is 11.8 Å². The largest absolute Gasteiger partial charge is 0.497 e. The van der Waals surface area contributed by atoms with E-state index in [1.807, 2.05) is 12.1 Å². The molecule has 1 aromatic heterocycles. The fraction of sp³-hybridized carbons (Fsp3) is 0.0625. The van der Waals surface area contributed by atoms with Crippen molar-refractivity contribution in [2.24, 2.45) is 0 Å². The summed E-state index contributed by atoms with van der Waals surface area (Å²) in [6.07, 6.45) is 0. The number of rotatable bonds is 4. The van der Waals surface area contributed by atoms with Crippen LogP contribution in [0.25, 0.3) is 22.9 Å². The SMILES string of the molecule is COc1ccc(-c2nnc(-c3ccc(C(=O)O)cc3)o2)cc1. The highest BCUT2D eigenvalue weighted by Gasteiger charge is 2.11. The summed E-state index contributed by atoms with van der Waals surface area (Å²) in [5, 5.41) is 16.9. The van der Waals surface area contributed by atoms with Gasteiger partial charge >= 0.3 is 5.97 Å². The quantitative estimate of drug-likeness (QED) is 0.796. The van der Waals surface area contributed by atoms with Crippen LogP contribution < -0.4 is 4.74 Å². The van der Waals surface area contributed by atoms with Crippen LogP contribution in [0, 0.1) is 0 Å².